The maximum absolute atomic E-state index is 9.91. The van der Waals surface area contributed by atoms with E-state index < -0.39 is 0 Å². The molecule has 8 heteroatoms. The van der Waals surface area contributed by atoms with Crippen molar-refractivity contribution in [3.63, 3.8) is 0 Å². The van der Waals surface area contributed by atoms with Crippen LogP contribution in [-0.4, -0.2) is 31.2 Å². The average Bonchev–Trinajstić information content (AvgIpc) is 3.24. The molecule has 0 unspecified atom stereocenters. The van der Waals surface area contributed by atoms with Crippen molar-refractivity contribution in [1.29, 1.82) is 0 Å². The summed E-state index contributed by atoms with van der Waals surface area (Å²) in [4.78, 5) is 5.55. The van der Waals surface area contributed by atoms with Gasteiger partial charge in [-0.05, 0) is 31.3 Å². The number of aryl methyl sites for hydroxylation is 1. The number of hydrogen-bond acceptors (Lipinski definition) is 6. The van der Waals surface area contributed by atoms with Crippen LogP contribution in [0.2, 0.25) is 0 Å². The smallest absolute Gasteiger partial charge is 0.216 e. The Morgan fingerprint density at radius 1 is 1.15 bits per heavy atom. The van der Waals surface area contributed by atoms with E-state index in [1.807, 2.05) is 43.3 Å². The topological polar surface area (TPSA) is 79.1 Å². The molecule has 2 heterocycles. The van der Waals surface area contributed by atoms with Crippen LogP contribution >= 0.6 is 23.6 Å². The van der Waals surface area contributed by atoms with E-state index >= 15 is 0 Å². The molecular formula is C19H15N5OS2. The van der Waals surface area contributed by atoms with Gasteiger partial charge in [0.15, 0.2) is 5.82 Å². The van der Waals surface area contributed by atoms with E-state index in [4.69, 9.17) is 12.2 Å². The highest BCUT2D eigenvalue weighted by Gasteiger charge is 2.17. The minimum Gasteiger partial charge on any atom is -0.507 e. The zero-order valence-electron chi connectivity index (χ0n) is 14.3. The van der Waals surface area contributed by atoms with E-state index in [0.717, 1.165) is 21.1 Å². The molecule has 2 aromatic heterocycles. The van der Waals surface area contributed by atoms with E-state index in [1.165, 1.54) is 16.0 Å². The Hall–Kier alpha value is -3.10. The third-order valence-electron chi connectivity index (χ3n) is 3.92. The largest absolute Gasteiger partial charge is 0.507 e. The molecule has 4 rings (SSSR count). The van der Waals surface area contributed by atoms with E-state index in [-0.39, 0.29) is 5.75 Å². The molecule has 0 atom stereocenters. The molecule has 0 aliphatic carbocycles. The zero-order valence-corrected chi connectivity index (χ0v) is 16.0. The first-order valence-electron chi connectivity index (χ1n) is 8.16. The lowest BCUT2D eigenvalue weighted by molar-refractivity contribution is 0.474. The zero-order chi connectivity index (χ0) is 18.8. The summed E-state index contributed by atoms with van der Waals surface area (Å²) in [5, 5.41) is 22.3. The molecule has 2 aromatic carbocycles. The van der Waals surface area contributed by atoms with Crippen LogP contribution in [0, 0.1) is 11.7 Å². The number of rotatable bonds is 4. The lowest BCUT2D eigenvalue weighted by atomic mass is 10.2. The Balaban J connectivity index is 1.76. The lowest BCUT2D eigenvalue weighted by Crippen LogP contribution is -1.95. The van der Waals surface area contributed by atoms with Gasteiger partial charge in [-0.15, -0.1) is 11.3 Å². The Bertz CT molecular complexity index is 1170. The van der Waals surface area contributed by atoms with Crippen molar-refractivity contribution in [2.24, 2.45) is 5.10 Å². The minimum absolute atomic E-state index is 0.151. The van der Waals surface area contributed by atoms with Gasteiger partial charge in [0, 0.05) is 11.1 Å². The summed E-state index contributed by atoms with van der Waals surface area (Å²) in [6, 6.07) is 17.0. The minimum atomic E-state index is 0.151. The van der Waals surface area contributed by atoms with Crippen LogP contribution in [0.5, 0.6) is 5.75 Å². The Morgan fingerprint density at radius 2 is 1.89 bits per heavy atom. The molecule has 27 heavy (non-hydrogen) atoms. The Morgan fingerprint density at radius 3 is 2.67 bits per heavy atom. The highest BCUT2D eigenvalue weighted by molar-refractivity contribution is 7.71. The predicted molar refractivity (Wildman–Crippen MR) is 110 cm³/mol. The number of para-hydroxylation sites is 1. The number of H-pyrrole nitrogens is 1. The second kappa shape index (κ2) is 7.26. The highest BCUT2D eigenvalue weighted by Crippen LogP contribution is 2.34. The van der Waals surface area contributed by atoms with E-state index in [2.05, 4.69) is 20.3 Å². The number of aromatic hydroxyl groups is 1. The van der Waals surface area contributed by atoms with Crippen molar-refractivity contribution in [1.82, 2.24) is 19.9 Å². The third kappa shape index (κ3) is 3.44. The quantitative estimate of drug-likeness (QED) is 0.391. The van der Waals surface area contributed by atoms with Crippen LogP contribution in [0.1, 0.15) is 11.3 Å². The molecule has 0 saturated heterocycles. The molecule has 0 radical (unpaired) electrons. The molecule has 0 aliphatic heterocycles. The summed E-state index contributed by atoms with van der Waals surface area (Å²) in [5.41, 5.74) is 2.50. The summed E-state index contributed by atoms with van der Waals surface area (Å²) >= 11 is 6.85. The van der Waals surface area contributed by atoms with Crippen LogP contribution in [0.25, 0.3) is 21.3 Å². The predicted octanol–water partition coefficient (Wildman–Crippen LogP) is 4.63. The van der Waals surface area contributed by atoms with Gasteiger partial charge in [-0.1, -0.05) is 42.5 Å². The third-order valence-corrected chi connectivity index (χ3v) is 5.39. The van der Waals surface area contributed by atoms with Gasteiger partial charge in [-0.2, -0.15) is 14.9 Å². The number of aromatic nitrogens is 4. The van der Waals surface area contributed by atoms with Crippen LogP contribution in [0.3, 0.4) is 0 Å². The van der Waals surface area contributed by atoms with Gasteiger partial charge in [0.25, 0.3) is 0 Å². The standard InChI is InChI=1S/C19H15N5OS2/c1-12-16(27-18(21-12)13-7-3-2-4-8-13)17-22-23-19(26)24(17)20-11-14-9-5-6-10-15(14)25/h2-11,25H,1H3,(H,23,26)/b20-11+. The summed E-state index contributed by atoms with van der Waals surface area (Å²) < 4.78 is 1.91. The van der Waals surface area contributed by atoms with Crippen molar-refractivity contribution < 1.29 is 5.11 Å². The normalized spacial score (nSPS) is 11.3. The Kier molecular flexibility index (Phi) is 4.66. The van der Waals surface area contributed by atoms with Gasteiger partial charge in [-0.25, -0.2) is 10.1 Å². The van der Waals surface area contributed by atoms with Gasteiger partial charge in [0.2, 0.25) is 4.77 Å². The van der Waals surface area contributed by atoms with Crippen molar-refractivity contribution >= 4 is 29.8 Å². The molecule has 0 amide bonds. The molecule has 6 nitrogen and oxygen atoms in total. The molecule has 0 aliphatic rings. The second-order valence-electron chi connectivity index (χ2n) is 5.77. The first kappa shape index (κ1) is 17.3. The van der Waals surface area contributed by atoms with E-state index in [9.17, 15) is 5.11 Å². The van der Waals surface area contributed by atoms with Crippen molar-refractivity contribution in [3.05, 3.63) is 70.6 Å². The van der Waals surface area contributed by atoms with Gasteiger partial charge < -0.3 is 5.11 Å². The number of hydrogen-bond donors (Lipinski definition) is 2. The van der Waals surface area contributed by atoms with Gasteiger partial charge in [-0.3, -0.25) is 0 Å². The van der Waals surface area contributed by atoms with Gasteiger partial charge in [0.05, 0.1) is 16.8 Å². The molecule has 0 fully saturated rings. The van der Waals surface area contributed by atoms with Crippen LogP contribution in [-0.2, 0) is 0 Å². The first-order chi connectivity index (χ1) is 13.1. The van der Waals surface area contributed by atoms with Crippen molar-refractivity contribution in [2.75, 3.05) is 0 Å². The summed E-state index contributed by atoms with van der Waals surface area (Å²) in [7, 11) is 0. The van der Waals surface area contributed by atoms with Crippen LogP contribution < -0.4 is 0 Å². The van der Waals surface area contributed by atoms with Gasteiger partial charge in [0.1, 0.15) is 10.8 Å². The molecule has 0 spiro atoms. The fraction of sp³-hybridized carbons (Fsp3) is 0.0526. The number of thiazole rings is 1. The summed E-state index contributed by atoms with van der Waals surface area (Å²) in [6.07, 6.45) is 1.55. The summed E-state index contributed by atoms with van der Waals surface area (Å²) in [5.74, 6) is 0.738. The van der Waals surface area contributed by atoms with E-state index in [1.54, 1.807) is 24.4 Å². The van der Waals surface area contributed by atoms with Crippen LogP contribution in [0.4, 0.5) is 0 Å². The molecule has 2 N–H and O–H groups in total. The molecule has 4 aromatic rings. The fourth-order valence-corrected chi connectivity index (χ4v) is 3.80. The number of phenols is 1. The second-order valence-corrected chi connectivity index (χ2v) is 7.15. The number of nitrogens with one attached hydrogen (secondary N) is 1. The summed E-state index contributed by atoms with van der Waals surface area (Å²) in [6.45, 7) is 1.94. The number of nitrogens with zero attached hydrogens (tertiary/aromatic N) is 4. The number of aromatic amines is 1. The molecule has 0 saturated carbocycles. The SMILES string of the molecule is Cc1nc(-c2ccccc2)sc1-c1n[nH]c(=S)n1/N=C/c1ccccc1O. The van der Waals surface area contributed by atoms with E-state index in [0.29, 0.717) is 16.2 Å². The first-order valence-corrected chi connectivity index (χ1v) is 9.39. The molecular weight excluding hydrogens is 378 g/mol. The van der Waals surface area contributed by atoms with Gasteiger partial charge >= 0.3 is 0 Å². The average molecular weight is 393 g/mol. The van der Waals surface area contributed by atoms with Crippen LogP contribution in [0.15, 0.2) is 59.7 Å². The Labute approximate surface area is 164 Å². The molecule has 134 valence electrons. The lowest BCUT2D eigenvalue weighted by Gasteiger charge is -2.00. The highest BCUT2D eigenvalue weighted by atomic mass is 32.1. The molecule has 0 bridgehead atoms. The maximum Gasteiger partial charge on any atom is 0.216 e. The maximum atomic E-state index is 9.91. The van der Waals surface area contributed by atoms with Crippen molar-refractivity contribution in [2.45, 2.75) is 6.92 Å². The fourth-order valence-electron chi connectivity index (χ4n) is 2.57. The number of phenolic OH excluding ortho intramolecular Hbond substituents is 1. The number of benzene rings is 2. The monoisotopic (exact) mass is 393 g/mol. The van der Waals surface area contributed by atoms with Crippen molar-refractivity contribution in [3.8, 4) is 27.0 Å².